The fourth-order valence-electron chi connectivity index (χ4n) is 3.87. The quantitative estimate of drug-likeness (QED) is 0.788. The summed E-state index contributed by atoms with van der Waals surface area (Å²) in [5.41, 5.74) is 2.44. The molecule has 2 fully saturated rings. The average molecular weight is 315 g/mol. The number of hydrogen-bond acceptors (Lipinski definition) is 5. The van der Waals surface area contributed by atoms with Crippen molar-refractivity contribution < 1.29 is 14.3 Å². The molecule has 3 aliphatic rings. The van der Waals surface area contributed by atoms with Crippen LogP contribution in [0.3, 0.4) is 0 Å². The van der Waals surface area contributed by atoms with Crippen molar-refractivity contribution in [2.75, 3.05) is 36.1 Å². The fourth-order valence-corrected chi connectivity index (χ4v) is 3.87. The van der Waals surface area contributed by atoms with Crippen molar-refractivity contribution in [2.24, 2.45) is 5.41 Å². The number of fused-ring (bicyclic) bond motifs is 1. The van der Waals surface area contributed by atoms with Gasteiger partial charge in [-0.2, -0.15) is 0 Å². The lowest BCUT2D eigenvalue weighted by molar-refractivity contribution is -0.124. The lowest BCUT2D eigenvalue weighted by Gasteiger charge is -2.47. The number of amides is 1. The highest BCUT2D eigenvalue weighted by Gasteiger charge is 2.42. The SMILES string of the molecule is CC(=O)N1c2cc(N3CCC4(CC3)COC4)cnc2C(=O)C1C. The third-order valence-corrected chi connectivity index (χ3v) is 5.46. The summed E-state index contributed by atoms with van der Waals surface area (Å²) < 4.78 is 5.37. The second-order valence-corrected chi connectivity index (χ2v) is 6.97. The maximum absolute atomic E-state index is 12.2. The van der Waals surface area contributed by atoms with Crippen LogP contribution in [-0.4, -0.2) is 49.0 Å². The van der Waals surface area contributed by atoms with Crippen LogP contribution in [0, 0.1) is 5.41 Å². The highest BCUT2D eigenvalue weighted by atomic mass is 16.5. The Morgan fingerprint density at radius 1 is 1.35 bits per heavy atom. The van der Waals surface area contributed by atoms with Crippen molar-refractivity contribution in [3.8, 4) is 0 Å². The Morgan fingerprint density at radius 3 is 2.61 bits per heavy atom. The summed E-state index contributed by atoms with van der Waals surface area (Å²) in [4.78, 5) is 32.4. The average Bonchev–Trinajstić information content (AvgIpc) is 2.77. The van der Waals surface area contributed by atoms with Crippen molar-refractivity contribution in [2.45, 2.75) is 32.7 Å². The number of hydrogen-bond donors (Lipinski definition) is 0. The van der Waals surface area contributed by atoms with Crippen LogP contribution in [0.1, 0.15) is 37.2 Å². The fraction of sp³-hybridized carbons (Fsp3) is 0.588. The van der Waals surface area contributed by atoms with Crippen LogP contribution in [0.2, 0.25) is 0 Å². The van der Waals surface area contributed by atoms with Gasteiger partial charge in [0.05, 0.1) is 36.8 Å². The molecule has 1 aromatic heterocycles. The largest absolute Gasteiger partial charge is 0.380 e. The Hall–Kier alpha value is -1.95. The topological polar surface area (TPSA) is 62.7 Å². The number of ether oxygens (including phenoxy) is 1. The maximum atomic E-state index is 12.2. The summed E-state index contributed by atoms with van der Waals surface area (Å²) in [6, 6.07) is 1.49. The van der Waals surface area contributed by atoms with E-state index >= 15 is 0 Å². The summed E-state index contributed by atoms with van der Waals surface area (Å²) >= 11 is 0. The van der Waals surface area contributed by atoms with Gasteiger partial charge in [-0.1, -0.05) is 0 Å². The zero-order chi connectivity index (χ0) is 16.2. The molecule has 0 aromatic carbocycles. The number of rotatable bonds is 1. The standard InChI is InChI=1S/C17H21N3O3/c1-11-16(22)15-14(20(11)12(2)21)7-13(8-18-15)19-5-3-17(4-6-19)9-23-10-17/h7-8,11H,3-6,9-10H2,1-2H3. The monoisotopic (exact) mass is 315 g/mol. The first-order valence-corrected chi connectivity index (χ1v) is 8.18. The number of aromatic nitrogens is 1. The number of anilines is 2. The van der Waals surface area contributed by atoms with Crippen LogP contribution < -0.4 is 9.80 Å². The molecule has 1 spiro atoms. The Kier molecular flexibility index (Phi) is 3.20. The number of carbonyl (C=O) groups excluding carboxylic acids is 2. The molecular weight excluding hydrogens is 294 g/mol. The molecule has 6 heteroatoms. The van der Waals surface area contributed by atoms with Crippen molar-refractivity contribution in [3.63, 3.8) is 0 Å². The summed E-state index contributed by atoms with van der Waals surface area (Å²) in [5.74, 6) is -0.196. The summed E-state index contributed by atoms with van der Waals surface area (Å²) in [6.45, 7) is 6.95. The van der Waals surface area contributed by atoms with Gasteiger partial charge in [-0.25, -0.2) is 4.98 Å². The van der Waals surface area contributed by atoms with Crippen LogP contribution in [-0.2, 0) is 9.53 Å². The second kappa shape index (κ2) is 5.03. The number of Topliss-reactive ketones (excluding diaryl/α,β-unsaturated/α-hetero) is 1. The minimum absolute atomic E-state index is 0.0778. The normalized spacial score (nSPS) is 25.5. The zero-order valence-electron chi connectivity index (χ0n) is 13.5. The van der Waals surface area contributed by atoms with Gasteiger partial charge in [0.15, 0.2) is 0 Å². The number of carbonyl (C=O) groups is 2. The van der Waals surface area contributed by atoms with E-state index in [0.29, 0.717) is 16.8 Å². The van der Waals surface area contributed by atoms with E-state index < -0.39 is 6.04 Å². The molecule has 0 bridgehead atoms. The van der Waals surface area contributed by atoms with Crippen LogP contribution >= 0.6 is 0 Å². The molecule has 1 atom stereocenters. The van der Waals surface area contributed by atoms with E-state index in [4.69, 9.17) is 4.74 Å². The molecule has 3 aliphatic heterocycles. The van der Waals surface area contributed by atoms with Crippen LogP contribution in [0.25, 0.3) is 0 Å². The molecule has 1 unspecified atom stereocenters. The molecule has 1 amide bonds. The van der Waals surface area contributed by atoms with Gasteiger partial charge in [-0.3, -0.25) is 14.5 Å². The van der Waals surface area contributed by atoms with Crippen LogP contribution in [0.15, 0.2) is 12.3 Å². The minimum atomic E-state index is -0.456. The van der Waals surface area contributed by atoms with Gasteiger partial charge in [-0.05, 0) is 25.8 Å². The molecule has 0 aliphatic carbocycles. The predicted octanol–water partition coefficient (Wildman–Crippen LogP) is 1.64. The first-order valence-electron chi connectivity index (χ1n) is 8.18. The molecule has 0 N–H and O–H groups in total. The highest BCUT2D eigenvalue weighted by molar-refractivity contribution is 6.16. The molecule has 6 nitrogen and oxygen atoms in total. The Balaban J connectivity index is 1.60. The van der Waals surface area contributed by atoms with Gasteiger partial charge >= 0.3 is 0 Å². The summed E-state index contributed by atoms with van der Waals surface area (Å²) in [7, 11) is 0. The van der Waals surface area contributed by atoms with Crippen molar-refractivity contribution >= 4 is 23.1 Å². The number of nitrogens with zero attached hydrogens (tertiary/aromatic N) is 3. The van der Waals surface area contributed by atoms with E-state index in [9.17, 15) is 9.59 Å². The number of piperidine rings is 1. The first-order chi connectivity index (χ1) is 11.0. The third-order valence-electron chi connectivity index (χ3n) is 5.46. The zero-order valence-corrected chi connectivity index (χ0v) is 13.5. The van der Waals surface area contributed by atoms with Gasteiger partial charge in [0.2, 0.25) is 11.7 Å². The van der Waals surface area contributed by atoms with E-state index in [2.05, 4.69) is 9.88 Å². The molecular formula is C17H21N3O3. The molecule has 4 heterocycles. The number of pyridine rings is 1. The molecule has 23 heavy (non-hydrogen) atoms. The van der Waals surface area contributed by atoms with Gasteiger partial charge in [-0.15, -0.1) is 0 Å². The molecule has 122 valence electrons. The Bertz CT molecular complexity index is 674. The molecule has 2 saturated heterocycles. The van der Waals surface area contributed by atoms with Gasteiger partial charge in [0, 0.05) is 25.4 Å². The molecule has 0 radical (unpaired) electrons. The maximum Gasteiger partial charge on any atom is 0.224 e. The van der Waals surface area contributed by atoms with Crippen molar-refractivity contribution in [1.82, 2.24) is 4.98 Å². The lowest BCUT2D eigenvalue weighted by atomic mass is 9.77. The first kappa shape index (κ1) is 14.6. The second-order valence-electron chi connectivity index (χ2n) is 6.97. The summed E-state index contributed by atoms with van der Waals surface area (Å²) in [6.07, 6.45) is 4.01. The molecule has 1 aromatic rings. The minimum Gasteiger partial charge on any atom is -0.380 e. The van der Waals surface area contributed by atoms with Crippen LogP contribution in [0.5, 0.6) is 0 Å². The van der Waals surface area contributed by atoms with E-state index in [-0.39, 0.29) is 11.7 Å². The highest BCUT2D eigenvalue weighted by Crippen LogP contribution is 2.40. The predicted molar refractivity (Wildman–Crippen MR) is 85.9 cm³/mol. The van der Waals surface area contributed by atoms with E-state index in [1.54, 1.807) is 18.0 Å². The lowest BCUT2D eigenvalue weighted by Crippen LogP contribution is -2.51. The third kappa shape index (κ3) is 2.16. The van der Waals surface area contributed by atoms with Crippen LogP contribution in [0.4, 0.5) is 11.4 Å². The van der Waals surface area contributed by atoms with Gasteiger partial charge < -0.3 is 9.64 Å². The van der Waals surface area contributed by atoms with Crippen molar-refractivity contribution in [3.05, 3.63) is 18.0 Å². The summed E-state index contributed by atoms with van der Waals surface area (Å²) in [5, 5.41) is 0. The van der Waals surface area contributed by atoms with E-state index in [1.807, 2.05) is 6.07 Å². The Morgan fingerprint density at radius 2 is 2.04 bits per heavy atom. The van der Waals surface area contributed by atoms with E-state index in [0.717, 1.165) is 44.8 Å². The Labute approximate surface area is 135 Å². The van der Waals surface area contributed by atoms with Gasteiger partial charge in [0.1, 0.15) is 5.69 Å². The van der Waals surface area contributed by atoms with E-state index in [1.165, 1.54) is 6.92 Å². The number of ketones is 1. The van der Waals surface area contributed by atoms with Gasteiger partial charge in [0.25, 0.3) is 0 Å². The van der Waals surface area contributed by atoms with Crippen molar-refractivity contribution in [1.29, 1.82) is 0 Å². The molecule has 4 rings (SSSR count). The smallest absolute Gasteiger partial charge is 0.224 e. The molecule has 0 saturated carbocycles.